The van der Waals surface area contributed by atoms with E-state index in [0.29, 0.717) is 28.5 Å². The Labute approximate surface area is 164 Å². The van der Waals surface area contributed by atoms with E-state index in [0.717, 1.165) is 32.2 Å². The number of rotatable bonds is 10. The molecule has 8 heteroatoms. The lowest BCUT2D eigenvalue weighted by atomic mass is 10.1. The first-order valence-corrected chi connectivity index (χ1v) is 8.86. The average Bonchev–Trinajstić information content (AvgIpc) is 2.63. The number of nitrogens with one attached hydrogen (secondary N) is 1. The third-order valence-electron chi connectivity index (χ3n) is 3.32. The van der Waals surface area contributed by atoms with Gasteiger partial charge in [-0.1, -0.05) is 31.4 Å². The van der Waals surface area contributed by atoms with Gasteiger partial charge in [0.2, 0.25) is 0 Å². The van der Waals surface area contributed by atoms with E-state index in [4.69, 9.17) is 31.8 Å². The molecule has 0 aliphatic heterocycles. The van der Waals surface area contributed by atoms with E-state index in [1.165, 1.54) is 0 Å². The largest absolute Gasteiger partial charge is 0.489 e. The first-order valence-electron chi connectivity index (χ1n) is 8.48. The van der Waals surface area contributed by atoms with E-state index in [1.54, 1.807) is 18.2 Å². The van der Waals surface area contributed by atoms with Gasteiger partial charge in [0, 0.05) is 23.2 Å². The van der Waals surface area contributed by atoms with Gasteiger partial charge in [-0.15, -0.1) is 0 Å². The summed E-state index contributed by atoms with van der Waals surface area (Å²) in [5.74, 6) is -1.92. The van der Waals surface area contributed by atoms with Crippen molar-refractivity contribution in [1.82, 2.24) is 5.32 Å². The predicted molar refractivity (Wildman–Crippen MR) is 103 cm³/mol. The number of aliphatic carboxylic acids is 2. The average molecular weight is 397 g/mol. The highest BCUT2D eigenvalue weighted by Crippen LogP contribution is 2.25. The second-order valence-corrected chi connectivity index (χ2v) is 5.97. The molecule has 0 heterocycles. The molecule has 0 aromatic heterocycles. The van der Waals surface area contributed by atoms with Crippen LogP contribution in [0.3, 0.4) is 0 Å². The molecular formula is C19H25ClN2O5. The number of benzene rings is 1. The Morgan fingerprint density at radius 1 is 1.30 bits per heavy atom. The van der Waals surface area contributed by atoms with Crippen molar-refractivity contribution < 1.29 is 24.5 Å². The number of carboxylic acids is 2. The molecule has 1 aromatic carbocycles. The molecule has 0 saturated carbocycles. The number of nitriles is 1. The lowest BCUT2D eigenvalue weighted by Gasteiger charge is -2.19. The minimum absolute atomic E-state index is 0.123. The number of carbonyl (C=O) groups is 2. The number of carboxylic acid groups (broad SMARTS) is 2. The highest BCUT2D eigenvalue weighted by molar-refractivity contribution is 6.30. The van der Waals surface area contributed by atoms with Crippen molar-refractivity contribution in [2.75, 3.05) is 13.6 Å². The maximum Gasteiger partial charge on any atom is 0.328 e. The van der Waals surface area contributed by atoms with Crippen molar-refractivity contribution in [3.05, 3.63) is 40.9 Å². The zero-order valence-electron chi connectivity index (χ0n) is 15.4. The fourth-order valence-corrected chi connectivity index (χ4v) is 2.17. The molecule has 1 aromatic rings. The molecule has 0 bridgehead atoms. The van der Waals surface area contributed by atoms with E-state index in [9.17, 15) is 9.59 Å². The van der Waals surface area contributed by atoms with Crippen molar-refractivity contribution in [2.24, 2.45) is 0 Å². The molecular weight excluding hydrogens is 372 g/mol. The Kier molecular flexibility index (Phi) is 13.2. The molecule has 0 aliphatic rings. The molecule has 0 spiro atoms. The van der Waals surface area contributed by atoms with Crippen LogP contribution in [-0.4, -0.2) is 41.8 Å². The normalized spacial score (nSPS) is 11.2. The van der Waals surface area contributed by atoms with Crippen LogP contribution in [0, 0.1) is 11.3 Å². The lowest BCUT2D eigenvalue weighted by Crippen LogP contribution is -2.22. The van der Waals surface area contributed by atoms with Crippen LogP contribution in [0.1, 0.15) is 38.2 Å². The number of hydrogen-bond acceptors (Lipinski definition) is 5. The summed E-state index contributed by atoms with van der Waals surface area (Å²) in [5, 5.41) is 28.4. The SMILES string of the molecule is CCCCC(CCNC)Oc1cc(Cl)ccc1C#N.O=C(O)C=CC(=O)O. The van der Waals surface area contributed by atoms with E-state index < -0.39 is 11.9 Å². The third kappa shape index (κ3) is 12.4. The summed E-state index contributed by atoms with van der Waals surface area (Å²) in [6, 6.07) is 7.27. The van der Waals surface area contributed by atoms with Gasteiger partial charge in [0.15, 0.2) is 0 Å². The Balaban J connectivity index is 0.000000713. The Hall–Kier alpha value is -2.56. The molecule has 0 amide bonds. The van der Waals surface area contributed by atoms with Gasteiger partial charge >= 0.3 is 11.9 Å². The van der Waals surface area contributed by atoms with Crippen LogP contribution in [0.25, 0.3) is 0 Å². The zero-order valence-corrected chi connectivity index (χ0v) is 16.2. The van der Waals surface area contributed by atoms with Gasteiger partial charge in [0.25, 0.3) is 0 Å². The summed E-state index contributed by atoms with van der Waals surface area (Å²) < 4.78 is 5.97. The van der Waals surface area contributed by atoms with Gasteiger partial charge in [0.05, 0.1) is 11.7 Å². The van der Waals surface area contributed by atoms with Crippen LogP contribution in [0.4, 0.5) is 0 Å². The number of unbranched alkanes of at least 4 members (excludes halogenated alkanes) is 1. The molecule has 0 aliphatic carbocycles. The van der Waals surface area contributed by atoms with Crippen LogP contribution >= 0.6 is 11.6 Å². The topological polar surface area (TPSA) is 120 Å². The second-order valence-electron chi connectivity index (χ2n) is 5.54. The maximum atomic E-state index is 9.55. The fourth-order valence-electron chi connectivity index (χ4n) is 2.01. The monoisotopic (exact) mass is 396 g/mol. The highest BCUT2D eigenvalue weighted by atomic mass is 35.5. The number of halogens is 1. The van der Waals surface area contributed by atoms with Gasteiger partial charge < -0.3 is 20.3 Å². The van der Waals surface area contributed by atoms with E-state index >= 15 is 0 Å². The van der Waals surface area contributed by atoms with Crippen LogP contribution in [0.15, 0.2) is 30.4 Å². The second kappa shape index (κ2) is 14.6. The molecule has 3 N–H and O–H groups in total. The first-order chi connectivity index (χ1) is 12.8. The van der Waals surface area contributed by atoms with Gasteiger partial charge in [0.1, 0.15) is 11.8 Å². The quantitative estimate of drug-likeness (QED) is 0.518. The van der Waals surface area contributed by atoms with E-state index in [-0.39, 0.29) is 6.10 Å². The Morgan fingerprint density at radius 2 is 1.93 bits per heavy atom. The van der Waals surface area contributed by atoms with Crippen LogP contribution in [-0.2, 0) is 9.59 Å². The van der Waals surface area contributed by atoms with Gasteiger partial charge in [-0.2, -0.15) is 5.26 Å². The molecule has 7 nitrogen and oxygen atoms in total. The highest BCUT2D eigenvalue weighted by Gasteiger charge is 2.13. The molecule has 27 heavy (non-hydrogen) atoms. The van der Waals surface area contributed by atoms with E-state index in [2.05, 4.69) is 18.3 Å². The van der Waals surface area contributed by atoms with Crippen LogP contribution in [0.5, 0.6) is 5.75 Å². The molecule has 0 radical (unpaired) electrons. The van der Waals surface area contributed by atoms with Gasteiger partial charge in [-0.3, -0.25) is 0 Å². The summed E-state index contributed by atoms with van der Waals surface area (Å²) in [4.78, 5) is 19.1. The standard InChI is InChI=1S/C15H21ClN2O.C4H4O4/c1-3-4-5-14(8-9-18-2)19-15-10-13(16)7-6-12(15)11-17;5-3(6)1-2-4(7)8/h6-7,10,14,18H,3-5,8-9H2,1-2H3;1-2H,(H,5,6)(H,7,8). The number of ether oxygens (including phenoxy) is 1. The molecule has 0 saturated heterocycles. The van der Waals surface area contributed by atoms with Crippen molar-refractivity contribution in [1.29, 1.82) is 5.26 Å². The fraction of sp³-hybridized carbons (Fsp3) is 0.421. The summed E-state index contributed by atoms with van der Waals surface area (Å²) in [6.07, 6.45) is 5.42. The third-order valence-corrected chi connectivity index (χ3v) is 3.56. The first kappa shape index (κ1) is 24.4. The minimum atomic E-state index is -1.26. The lowest BCUT2D eigenvalue weighted by molar-refractivity contribution is -0.134. The summed E-state index contributed by atoms with van der Waals surface area (Å²) in [7, 11) is 1.93. The van der Waals surface area contributed by atoms with Crippen LogP contribution < -0.4 is 10.1 Å². The minimum Gasteiger partial charge on any atom is -0.489 e. The number of nitrogens with zero attached hydrogens (tertiary/aromatic N) is 1. The smallest absolute Gasteiger partial charge is 0.328 e. The molecule has 0 fully saturated rings. The number of hydrogen-bond donors (Lipinski definition) is 3. The molecule has 1 unspecified atom stereocenters. The van der Waals surface area contributed by atoms with E-state index in [1.807, 2.05) is 7.05 Å². The van der Waals surface area contributed by atoms with Crippen molar-refractivity contribution in [3.63, 3.8) is 0 Å². The molecule has 1 rings (SSSR count). The van der Waals surface area contributed by atoms with Crippen molar-refractivity contribution in [3.8, 4) is 11.8 Å². The summed E-state index contributed by atoms with van der Waals surface area (Å²) >= 11 is 5.96. The molecule has 1 atom stereocenters. The summed E-state index contributed by atoms with van der Waals surface area (Å²) in [5.41, 5.74) is 0.537. The molecule has 148 valence electrons. The van der Waals surface area contributed by atoms with Crippen molar-refractivity contribution >= 4 is 23.5 Å². The summed E-state index contributed by atoms with van der Waals surface area (Å²) in [6.45, 7) is 3.06. The predicted octanol–water partition coefficient (Wildman–Crippen LogP) is 3.47. The maximum absolute atomic E-state index is 9.55. The Bertz CT molecular complexity index is 647. The Morgan fingerprint density at radius 3 is 2.41 bits per heavy atom. The zero-order chi connectivity index (χ0) is 20.7. The van der Waals surface area contributed by atoms with Gasteiger partial charge in [-0.25, -0.2) is 9.59 Å². The van der Waals surface area contributed by atoms with Crippen LogP contribution in [0.2, 0.25) is 5.02 Å². The van der Waals surface area contributed by atoms with Crippen molar-refractivity contribution in [2.45, 2.75) is 38.7 Å². The van der Waals surface area contributed by atoms with Gasteiger partial charge in [-0.05, 0) is 38.6 Å².